The van der Waals surface area contributed by atoms with Crippen molar-refractivity contribution in [1.82, 2.24) is 14.8 Å². The molecule has 0 bridgehead atoms. The van der Waals surface area contributed by atoms with E-state index in [1.165, 1.54) is 0 Å². The minimum Gasteiger partial charge on any atom is -0.384 e. The third kappa shape index (κ3) is 2.65. The average molecular weight is 347 g/mol. The van der Waals surface area contributed by atoms with Gasteiger partial charge in [0.25, 0.3) is 0 Å². The first-order valence-corrected chi connectivity index (χ1v) is 9.14. The third-order valence-corrected chi connectivity index (χ3v) is 5.70. The molecule has 2 aliphatic rings. The lowest BCUT2D eigenvalue weighted by molar-refractivity contribution is -0.121. The molecule has 2 heterocycles. The zero-order chi connectivity index (χ0) is 16.8. The van der Waals surface area contributed by atoms with Gasteiger partial charge in [0.05, 0.1) is 5.69 Å². The lowest BCUT2D eigenvalue weighted by atomic mass is 9.84. The van der Waals surface area contributed by atoms with Gasteiger partial charge < -0.3 is 10.7 Å². The van der Waals surface area contributed by atoms with Crippen molar-refractivity contribution < 1.29 is 4.79 Å². The van der Waals surface area contributed by atoms with Crippen molar-refractivity contribution in [3.05, 3.63) is 33.7 Å². The summed E-state index contributed by atoms with van der Waals surface area (Å²) in [5.41, 5.74) is 10.7. The van der Waals surface area contributed by atoms with E-state index in [1.54, 1.807) is 4.68 Å². The fourth-order valence-electron chi connectivity index (χ4n) is 4.17. The van der Waals surface area contributed by atoms with Crippen LogP contribution in [0.5, 0.6) is 0 Å². The number of nitrogens with two attached hydrogens (primary N) is 1. The van der Waals surface area contributed by atoms with E-state index in [4.69, 9.17) is 17.3 Å². The number of aryl methyl sites for hydroxylation is 2. The molecule has 0 aromatic carbocycles. The standard InChI is InChI=1S/C18H23ClN4O/c1-10-5-6-15-13(7-10)18(20)23(22-15)9-16(24)11-3-2-4-14-12(11)8-17(19)21-14/h8,10-11,21H,2-7,9,20H2,1H3. The summed E-state index contributed by atoms with van der Waals surface area (Å²) in [6.07, 6.45) is 5.91. The number of H-pyrrole nitrogens is 1. The number of fused-ring (bicyclic) bond motifs is 2. The van der Waals surface area contributed by atoms with E-state index in [9.17, 15) is 4.79 Å². The van der Waals surface area contributed by atoms with Crippen LogP contribution in [-0.4, -0.2) is 20.5 Å². The number of nitrogen functional groups attached to an aromatic ring is 1. The zero-order valence-electron chi connectivity index (χ0n) is 13.9. The van der Waals surface area contributed by atoms with Gasteiger partial charge in [-0.05, 0) is 56.1 Å². The van der Waals surface area contributed by atoms with Crippen molar-refractivity contribution in [2.45, 2.75) is 57.9 Å². The van der Waals surface area contributed by atoms with Crippen molar-refractivity contribution in [1.29, 1.82) is 0 Å². The molecule has 0 aliphatic heterocycles. The molecule has 24 heavy (non-hydrogen) atoms. The first-order valence-electron chi connectivity index (χ1n) is 8.77. The van der Waals surface area contributed by atoms with E-state index in [0.717, 1.165) is 61.0 Å². The van der Waals surface area contributed by atoms with Crippen LogP contribution in [-0.2, 0) is 30.6 Å². The summed E-state index contributed by atoms with van der Waals surface area (Å²) in [6, 6.07) is 1.90. The van der Waals surface area contributed by atoms with E-state index in [2.05, 4.69) is 17.0 Å². The van der Waals surface area contributed by atoms with Gasteiger partial charge in [-0.1, -0.05) is 18.5 Å². The van der Waals surface area contributed by atoms with Gasteiger partial charge in [-0.3, -0.25) is 4.79 Å². The van der Waals surface area contributed by atoms with Crippen molar-refractivity contribution in [2.24, 2.45) is 5.92 Å². The van der Waals surface area contributed by atoms with Crippen molar-refractivity contribution >= 4 is 23.2 Å². The molecular formula is C18H23ClN4O. The third-order valence-electron chi connectivity index (χ3n) is 5.49. The SMILES string of the molecule is CC1CCc2nn(CC(=O)C3CCCc4[nH]c(Cl)cc43)c(N)c2C1. The van der Waals surface area contributed by atoms with Gasteiger partial charge in [-0.2, -0.15) is 5.10 Å². The lowest BCUT2D eigenvalue weighted by Gasteiger charge is -2.21. The lowest BCUT2D eigenvalue weighted by Crippen LogP contribution is -2.23. The number of rotatable bonds is 3. The number of ketones is 1. The maximum absolute atomic E-state index is 12.9. The number of nitrogens with zero attached hydrogens (tertiary/aromatic N) is 2. The van der Waals surface area contributed by atoms with E-state index >= 15 is 0 Å². The molecular weight excluding hydrogens is 324 g/mol. The predicted molar refractivity (Wildman–Crippen MR) is 94.3 cm³/mol. The molecule has 0 fully saturated rings. The Bertz CT molecular complexity index is 791. The highest BCUT2D eigenvalue weighted by Crippen LogP contribution is 2.35. The molecule has 2 unspecified atom stereocenters. The van der Waals surface area contributed by atoms with Crippen LogP contribution >= 0.6 is 11.6 Å². The minimum absolute atomic E-state index is 0.1000. The van der Waals surface area contributed by atoms with E-state index in [-0.39, 0.29) is 18.2 Å². The Balaban J connectivity index is 1.57. The van der Waals surface area contributed by atoms with Crippen LogP contribution in [0.1, 0.15) is 54.6 Å². The summed E-state index contributed by atoms with van der Waals surface area (Å²) in [5.74, 6) is 1.38. The number of carbonyl (C=O) groups excluding carboxylic acids is 1. The molecule has 0 amide bonds. The topological polar surface area (TPSA) is 76.7 Å². The second-order valence-electron chi connectivity index (χ2n) is 7.28. The largest absolute Gasteiger partial charge is 0.384 e. The van der Waals surface area contributed by atoms with Gasteiger partial charge in [-0.25, -0.2) is 4.68 Å². The minimum atomic E-state index is -0.1000. The van der Waals surface area contributed by atoms with Gasteiger partial charge in [0.15, 0.2) is 5.78 Å². The number of hydrogen-bond acceptors (Lipinski definition) is 3. The first-order chi connectivity index (χ1) is 11.5. The number of aromatic nitrogens is 3. The summed E-state index contributed by atoms with van der Waals surface area (Å²) < 4.78 is 1.72. The van der Waals surface area contributed by atoms with Gasteiger partial charge in [0.1, 0.15) is 17.5 Å². The van der Waals surface area contributed by atoms with E-state index < -0.39 is 0 Å². The molecule has 0 saturated heterocycles. The maximum Gasteiger partial charge on any atom is 0.161 e. The van der Waals surface area contributed by atoms with Crippen LogP contribution in [0.15, 0.2) is 6.07 Å². The number of halogens is 1. The average Bonchev–Trinajstić information content (AvgIpc) is 3.07. The second kappa shape index (κ2) is 5.96. The van der Waals surface area contributed by atoms with Gasteiger partial charge >= 0.3 is 0 Å². The fourth-order valence-corrected chi connectivity index (χ4v) is 4.40. The molecule has 5 nitrogen and oxygen atoms in total. The van der Waals surface area contributed by atoms with E-state index in [0.29, 0.717) is 16.9 Å². The number of nitrogens with one attached hydrogen (secondary N) is 1. The Hall–Kier alpha value is -1.75. The number of hydrogen-bond donors (Lipinski definition) is 2. The molecule has 0 saturated carbocycles. The van der Waals surface area contributed by atoms with E-state index in [1.807, 2.05) is 6.07 Å². The molecule has 0 spiro atoms. The predicted octanol–water partition coefficient (Wildman–Crippen LogP) is 3.26. The van der Waals surface area contributed by atoms with Gasteiger partial charge in [-0.15, -0.1) is 0 Å². The summed E-state index contributed by atoms with van der Waals surface area (Å²) in [4.78, 5) is 16.1. The maximum atomic E-state index is 12.9. The molecule has 3 N–H and O–H groups in total. The van der Waals surface area contributed by atoms with Crippen LogP contribution < -0.4 is 5.73 Å². The Morgan fingerprint density at radius 3 is 3.12 bits per heavy atom. The molecule has 6 heteroatoms. The highest BCUT2D eigenvalue weighted by Gasteiger charge is 2.30. The highest BCUT2D eigenvalue weighted by molar-refractivity contribution is 6.29. The van der Waals surface area contributed by atoms with Gasteiger partial charge in [0, 0.05) is 17.2 Å². The highest BCUT2D eigenvalue weighted by atomic mass is 35.5. The monoisotopic (exact) mass is 346 g/mol. The summed E-state index contributed by atoms with van der Waals surface area (Å²) >= 11 is 6.08. The number of anilines is 1. The molecule has 2 aliphatic carbocycles. The first kappa shape index (κ1) is 15.8. The molecule has 128 valence electrons. The molecule has 2 atom stereocenters. The van der Waals surface area contributed by atoms with Crippen LogP contribution in [0.3, 0.4) is 0 Å². The Labute approximate surface area is 146 Å². The summed E-state index contributed by atoms with van der Waals surface area (Å²) in [6.45, 7) is 2.49. The van der Waals surface area contributed by atoms with Crippen molar-refractivity contribution in [3.8, 4) is 0 Å². The summed E-state index contributed by atoms with van der Waals surface area (Å²) in [5, 5.41) is 5.23. The summed E-state index contributed by atoms with van der Waals surface area (Å²) in [7, 11) is 0. The van der Waals surface area contributed by atoms with Crippen LogP contribution in [0, 0.1) is 5.92 Å². The van der Waals surface area contributed by atoms with Crippen LogP contribution in [0.4, 0.5) is 5.82 Å². The Morgan fingerprint density at radius 1 is 1.46 bits per heavy atom. The Kier molecular flexibility index (Phi) is 3.91. The molecule has 2 aromatic heterocycles. The number of aromatic amines is 1. The van der Waals surface area contributed by atoms with Crippen molar-refractivity contribution in [2.75, 3.05) is 5.73 Å². The molecule has 2 aromatic rings. The Morgan fingerprint density at radius 2 is 2.29 bits per heavy atom. The normalized spacial score (nSPS) is 22.9. The number of Topliss-reactive ketones (excluding diaryl/α,β-unsaturated/α-hetero) is 1. The van der Waals surface area contributed by atoms with Crippen molar-refractivity contribution in [3.63, 3.8) is 0 Å². The van der Waals surface area contributed by atoms with Crippen LogP contribution in [0.2, 0.25) is 5.15 Å². The zero-order valence-corrected chi connectivity index (χ0v) is 14.7. The smallest absolute Gasteiger partial charge is 0.161 e. The quantitative estimate of drug-likeness (QED) is 0.895. The van der Waals surface area contributed by atoms with Gasteiger partial charge in [0.2, 0.25) is 0 Å². The fraction of sp³-hybridized carbons (Fsp3) is 0.556. The molecule has 0 radical (unpaired) electrons. The number of carbonyl (C=O) groups is 1. The van der Waals surface area contributed by atoms with Crippen LogP contribution in [0.25, 0.3) is 0 Å². The molecule has 4 rings (SSSR count). The second-order valence-corrected chi connectivity index (χ2v) is 7.69.